The SMILES string of the molecule is Cc1cc2nc(C)n(CCCOc3cccc(Cl)c3)c2cc1C. The van der Waals surface area contributed by atoms with Crippen molar-refractivity contribution in [1.29, 1.82) is 0 Å². The highest BCUT2D eigenvalue weighted by atomic mass is 35.5. The smallest absolute Gasteiger partial charge is 0.120 e. The van der Waals surface area contributed by atoms with E-state index in [-0.39, 0.29) is 0 Å². The van der Waals surface area contributed by atoms with Gasteiger partial charge in [0.15, 0.2) is 0 Å². The van der Waals surface area contributed by atoms with Crippen molar-refractivity contribution in [2.24, 2.45) is 0 Å². The number of fused-ring (bicyclic) bond motifs is 1. The molecule has 0 saturated heterocycles. The van der Waals surface area contributed by atoms with E-state index in [4.69, 9.17) is 16.3 Å². The van der Waals surface area contributed by atoms with Gasteiger partial charge in [-0.2, -0.15) is 0 Å². The number of nitrogens with zero attached hydrogens (tertiary/aromatic N) is 2. The topological polar surface area (TPSA) is 27.1 Å². The molecule has 0 atom stereocenters. The summed E-state index contributed by atoms with van der Waals surface area (Å²) in [6.45, 7) is 7.88. The molecular formula is C19H21ClN2O. The fourth-order valence-electron chi connectivity index (χ4n) is 2.75. The molecule has 0 aliphatic carbocycles. The highest BCUT2D eigenvalue weighted by molar-refractivity contribution is 6.30. The molecule has 0 fully saturated rings. The molecule has 3 nitrogen and oxygen atoms in total. The normalized spacial score (nSPS) is 11.1. The van der Waals surface area contributed by atoms with Gasteiger partial charge in [0.25, 0.3) is 0 Å². The number of aryl methyl sites for hydroxylation is 4. The van der Waals surface area contributed by atoms with Gasteiger partial charge in [-0.25, -0.2) is 4.98 Å². The van der Waals surface area contributed by atoms with Crippen LogP contribution < -0.4 is 4.74 Å². The Morgan fingerprint density at radius 1 is 1.09 bits per heavy atom. The first kappa shape index (κ1) is 15.9. The summed E-state index contributed by atoms with van der Waals surface area (Å²) < 4.78 is 8.03. The highest BCUT2D eigenvalue weighted by Gasteiger charge is 2.09. The summed E-state index contributed by atoms with van der Waals surface area (Å²) in [5, 5.41) is 0.699. The van der Waals surface area contributed by atoms with Crippen molar-refractivity contribution >= 4 is 22.6 Å². The summed E-state index contributed by atoms with van der Waals surface area (Å²) in [4.78, 5) is 4.67. The zero-order valence-electron chi connectivity index (χ0n) is 13.8. The Balaban J connectivity index is 1.67. The first-order valence-corrected chi connectivity index (χ1v) is 8.25. The van der Waals surface area contributed by atoms with Crippen molar-refractivity contribution in [2.75, 3.05) is 6.61 Å². The number of ether oxygens (including phenoxy) is 1. The number of imidazole rings is 1. The van der Waals surface area contributed by atoms with Crippen molar-refractivity contribution in [2.45, 2.75) is 33.7 Å². The van der Waals surface area contributed by atoms with Crippen molar-refractivity contribution in [3.8, 4) is 5.75 Å². The minimum absolute atomic E-state index is 0.657. The lowest BCUT2D eigenvalue weighted by molar-refractivity contribution is 0.302. The van der Waals surface area contributed by atoms with E-state index in [0.29, 0.717) is 11.6 Å². The van der Waals surface area contributed by atoms with Gasteiger partial charge in [-0.05, 0) is 68.7 Å². The van der Waals surface area contributed by atoms with Crippen molar-refractivity contribution in [1.82, 2.24) is 9.55 Å². The van der Waals surface area contributed by atoms with E-state index in [0.717, 1.165) is 30.1 Å². The molecule has 3 aromatic rings. The summed E-state index contributed by atoms with van der Waals surface area (Å²) >= 11 is 5.96. The lowest BCUT2D eigenvalue weighted by Crippen LogP contribution is -2.06. The van der Waals surface area contributed by atoms with Gasteiger partial charge < -0.3 is 9.30 Å². The van der Waals surface area contributed by atoms with E-state index in [2.05, 4.69) is 42.5 Å². The summed E-state index contributed by atoms with van der Waals surface area (Å²) in [7, 11) is 0. The molecule has 0 aliphatic rings. The van der Waals surface area contributed by atoms with E-state index in [1.807, 2.05) is 24.3 Å². The number of hydrogen-bond donors (Lipinski definition) is 0. The average molecular weight is 329 g/mol. The van der Waals surface area contributed by atoms with Crippen LogP contribution in [0.1, 0.15) is 23.4 Å². The molecule has 0 saturated carbocycles. The van der Waals surface area contributed by atoms with E-state index < -0.39 is 0 Å². The second kappa shape index (κ2) is 6.63. The predicted octanol–water partition coefficient (Wildman–Crippen LogP) is 5.08. The lowest BCUT2D eigenvalue weighted by atomic mass is 10.1. The van der Waals surface area contributed by atoms with Crippen molar-refractivity contribution in [3.63, 3.8) is 0 Å². The molecular weight excluding hydrogens is 308 g/mol. The van der Waals surface area contributed by atoms with E-state index in [1.165, 1.54) is 16.6 Å². The second-order valence-corrected chi connectivity index (χ2v) is 6.33. The fourth-order valence-corrected chi connectivity index (χ4v) is 2.93. The monoisotopic (exact) mass is 328 g/mol. The van der Waals surface area contributed by atoms with Crippen LogP contribution in [0.4, 0.5) is 0 Å². The third-order valence-corrected chi connectivity index (χ3v) is 4.38. The molecule has 1 aromatic heterocycles. The van der Waals surface area contributed by atoms with Crippen LogP contribution in [0.2, 0.25) is 5.02 Å². The van der Waals surface area contributed by atoms with Gasteiger partial charge >= 0.3 is 0 Å². The van der Waals surface area contributed by atoms with E-state index in [1.54, 1.807) is 0 Å². The summed E-state index contributed by atoms with van der Waals surface area (Å²) in [6, 6.07) is 11.9. The Bertz CT molecular complexity index is 839. The third-order valence-electron chi connectivity index (χ3n) is 4.15. The first-order valence-electron chi connectivity index (χ1n) is 7.87. The van der Waals surface area contributed by atoms with Crippen LogP contribution in [0.25, 0.3) is 11.0 Å². The number of benzene rings is 2. The molecule has 120 valence electrons. The van der Waals surface area contributed by atoms with Crippen LogP contribution in [0, 0.1) is 20.8 Å². The molecule has 1 heterocycles. The number of rotatable bonds is 5. The number of halogens is 1. The predicted molar refractivity (Wildman–Crippen MR) is 95.5 cm³/mol. The minimum Gasteiger partial charge on any atom is -0.493 e. The first-order chi connectivity index (χ1) is 11.0. The average Bonchev–Trinajstić information content (AvgIpc) is 2.79. The molecule has 0 bridgehead atoms. The van der Waals surface area contributed by atoms with Crippen molar-refractivity contribution < 1.29 is 4.74 Å². The Morgan fingerprint density at radius 2 is 1.87 bits per heavy atom. The van der Waals surface area contributed by atoms with Gasteiger partial charge in [0.2, 0.25) is 0 Å². The third kappa shape index (κ3) is 3.50. The molecule has 3 rings (SSSR count). The largest absolute Gasteiger partial charge is 0.493 e. The zero-order valence-corrected chi connectivity index (χ0v) is 14.5. The van der Waals surface area contributed by atoms with Gasteiger partial charge in [0, 0.05) is 11.6 Å². The van der Waals surface area contributed by atoms with Gasteiger partial charge in [-0.1, -0.05) is 17.7 Å². The summed E-state index contributed by atoms with van der Waals surface area (Å²) in [6.07, 6.45) is 0.922. The van der Waals surface area contributed by atoms with E-state index >= 15 is 0 Å². The Labute approximate surface area is 141 Å². The Hall–Kier alpha value is -2.00. The zero-order chi connectivity index (χ0) is 16.4. The lowest BCUT2D eigenvalue weighted by Gasteiger charge is -2.09. The summed E-state index contributed by atoms with van der Waals surface area (Å²) in [5.41, 5.74) is 4.86. The van der Waals surface area contributed by atoms with Crippen LogP contribution in [0.5, 0.6) is 5.75 Å². The van der Waals surface area contributed by atoms with Crippen LogP contribution >= 0.6 is 11.6 Å². The van der Waals surface area contributed by atoms with Crippen LogP contribution in [-0.4, -0.2) is 16.2 Å². The Morgan fingerprint density at radius 3 is 2.65 bits per heavy atom. The molecule has 0 radical (unpaired) electrons. The quantitative estimate of drug-likeness (QED) is 0.610. The minimum atomic E-state index is 0.657. The molecule has 0 amide bonds. The van der Waals surface area contributed by atoms with Crippen LogP contribution in [0.15, 0.2) is 36.4 Å². The van der Waals surface area contributed by atoms with Gasteiger partial charge in [0.1, 0.15) is 11.6 Å². The van der Waals surface area contributed by atoms with E-state index in [9.17, 15) is 0 Å². The maximum Gasteiger partial charge on any atom is 0.120 e. The highest BCUT2D eigenvalue weighted by Crippen LogP contribution is 2.21. The molecule has 0 aliphatic heterocycles. The van der Waals surface area contributed by atoms with Gasteiger partial charge in [-0.3, -0.25) is 0 Å². The maximum atomic E-state index is 5.96. The summed E-state index contributed by atoms with van der Waals surface area (Å²) in [5.74, 6) is 1.86. The standard InChI is InChI=1S/C19H21ClN2O/c1-13-10-18-19(11-14(13)2)22(15(3)21-18)8-5-9-23-17-7-4-6-16(20)12-17/h4,6-7,10-12H,5,8-9H2,1-3H3. The molecule has 0 spiro atoms. The van der Waals surface area contributed by atoms with Gasteiger partial charge in [-0.15, -0.1) is 0 Å². The molecule has 0 unspecified atom stereocenters. The van der Waals surface area contributed by atoms with Crippen LogP contribution in [0.3, 0.4) is 0 Å². The molecule has 0 N–H and O–H groups in total. The molecule has 2 aromatic carbocycles. The molecule has 23 heavy (non-hydrogen) atoms. The fraction of sp³-hybridized carbons (Fsp3) is 0.316. The number of aromatic nitrogens is 2. The second-order valence-electron chi connectivity index (χ2n) is 5.90. The number of hydrogen-bond acceptors (Lipinski definition) is 2. The van der Waals surface area contributed by atoms with Crippen LogP contribution in [-0.2, 0) is 6.54 Å². The van der Waals surface area contributed by atoms with Gasteiger partial charge in [0.05, 0.1) is 17.6 Å². The maximum absolute atomic E-state index is 5.96. The molecule has 4 heteroatoms. The van der Waals surface area contributed by atoms with Crippen molar-refractivity contribution in [3.05, 3.63) is 58.4 Å². The Kier molecular flexibility index (Phi) is 4.58.